The molecule has 112 valence electrons. The lowest BCUT2D eigenvalue weighted by atomic mass is 9.93. The Morgan fingerprint density at radius 3 is 2.55 bits per heavy atom. The lowest BCUT2D eigenvalue weighted by Gasteiger charge is -2.33. The topological polar surface area (TPSA) is 60.2 Å². The van der Waals surface area contributed by atoms with Gasteiger partial charge in [-0.25, -0.2) is 11.4 Å². The SMILES string of the molecule is [C-]#[N+][C@H]1CCN(C(=O)OC(C)(C)C)C[C@H]1C(=O)OCC. The maximum Gasteiger partial charge on any atom is 0.410 e. The van der Waals surface area contributed by atoms with Crippen molar-refractivity contribution in [2.45, 2.75) is 45.8 Å². The number of esters is 1. The molecule has 20 heavy (non-hydrogen) atoms. The molecule has 0 spiro atoms. The first-order valence-corrected chi connectivity index (χ1v) is 6.79. The van der Waals surface area contributed by atoms with Crippen LogP contribution in [0.1, 0.15) is 34.1 Å². The Hall–Kier alpha value is -1.77. The molecule has 0 unspecified atom stereocenters. The van der Waals surface area contributed by atoms with E-state index in [0.29, 0.717) is 13.0 Å². The quantitative estimate of drug-likeness (QED) is 0.575. The van der Waals surface area contributed by atoms with Crippen LogP contribution in [-0.2, 0) is 14.3 Å². The molecule has 1 fully saturated rings. The Balaban J connectivity index is 2.73. The summed E-state index contributed by atoms with van der Waals surface area (Å²) < 4.78 is 10.3. The number of piperidine rings is 1. The molecule has 1 aliphatic heterocycles. The van der Waals surface area contributed by atoms with Crippen molar-refractivity contribution < 1.29 is 19.1 Å². The van der Waals surface area contributed by atoms with E-state index >= 15 is 0 Å². The highest BCUT2D eigenvalue weighted by Crippen LogP contribution is 2.23. The van der Waals surface area contributed by atoms with Gasteiger partial charge in [-0.15, -0.1) is 0 Å². The zero-order valence-electron chi connectivity index (χ0n) is 12.5. The van der Waals surface area contributed by atoms with Crippen LogP contribution in [0.2, 0.25) is 0 Å². The second-order valence-corrected chi connectivity index (χ2v) is 5.77. The van der Waals surface area contributed by atoms with Crippen molar-refractivity contribution in [2.24, 2.45) is 5.92 Å². The van der Waals surface area contributed by atoms with Gasteiger partial charge in [0.1, 0.15) is 11.5 Å². The van der Waals surface area contributed by atoms with E-state index in [0.717, 1.165) is 0 Å². The number of amides is 1. The Labute approximate surface area is 119 Å². The Kier molecular flexibility index (Phi) is 5.37. The first kappa shape index (κ1) is 16.3. The number of hydrogen-bond acceptors (Lipinski definition) is 4. The average Bonchev–Trinajstić information content (AvgIpc) is 2.36. The average molecular weight is 282 g/mol. The molecule has 0 bridgehead atoms. The van der Waals surface area contributed by atoms with Gasteiger partial charge in [0.25, 0.3) is 0 Å². The fourth-order valence-corrected chi connectivity index (χ4v) is 2.07. The molecule has 1 amide bonds. The van der Waals surface area contributed by atoms with E-state index in [9.17, 15) is 9.59 Å². The summed E-state index contributed by atoms with van der Waals surface area (Å²) >= 11 is 0. The van der Waals surface area contributed by atoms with Crippen LogP contribution in [0.4, 0.5) is 4.79 Å². The third kappa shape index (κ3) is 4.41. The van der Waals surface area contributed by atoms with Gasteiger partial charge in [0.15, 0.2) is 0 Å². The van der Waals surface area contributed by atoms with Gasteiger partial charge in [0.2, 0.25) is 6.04 Å². The normalized spacial score (nSPS) is 22.9. The van der Waals surface area contributed by atoms with E-state index in [4.69, 9.17) is 16.0 Å². The van der Waals surface area contributed by atoms with Crippen molar-refractivity contribution in [3.05, 3.63) is 11.4 Å². The number of likely N-dealkylation sites (tertiary alicyclic amines) is 1. The fourth-order valence-electron chi connectivity index (χ4n) is 2.07. The molecule has 2 atom stereocenters. The summed E-state index contributed by atoms with van der Waals surface area (Å²) in [7, 11) is 0. The van der Waals surface area contributed by atoms with Gasteiger partial charge in [-0.05, 0) is 27.7 Å². The van der Waals surface area contributed by atoms with Gasteiger partial charge < -0.3 is 19.2 Å². The van der Waals surface area contributed by atoms with E-state index in [1.54, 1.807) is 27.7 Å². The highest BCUT2D eigenvalue weighted by Gasteiger charge is 2.42. The standard InChI is InChI=1S/C14H22N2O4/c1-6-19-12(17)10-9-16(8-7-11(10)15-5)13(18)20-14(2,3)4/h10-11H,6-9H2,1-4H3/t10-,11+/m1/s1. The molecule has 0 aliphatic carbocycles. The minimum absolute atomic E-state index is 0.181. The lowest BCUT2D eigenvalue weighted by Crippen LogP contribution is -2.49. The van der Waals surface area contributed by atoms with Crippen LogP contribution in [0.25, 0.3) is 4.85 Å². The zero-order valence-corrected chi connectivity index (χ0v) is 12.5. The van der Waals surface area contributed by atoms with Crippen molar-refractivity contribution in [1.82, 2.24) is 4.90 Å². The molecule has 1 saturated heterocycles. The molecule has 1 heterocycles. The first-order chi connectivity index (χ1) is 9.28. The summed E-state index contributed by atoms with van der Waals surface area (Å²) in [6, 6.07) is -0.423. The molecule has 1 rings (SSSR count). The van der Waals surface area contributed by atoms with Crippen LogP contribution in [0.15, 0.2) is 0 Å². The molecule has 1 aliphatic rings. The third-order valence-electron chi connectivity index (χ3n) is 2.98. The van der Waals surface area contributed by atoms with Crippen LogP contribution < -0.4 is 0 Å². The first-order valence-electron chi connectivity index (χ1n) is 6.79. The van der Waals surface area contributed by atoms with Crippen molar-refractivity contribution in [3.63, 3.8) is 0 Å². The molecular formula is C14H22N2O4. The predicted octanol–water partition coefficient (Wildman–Crippen LogP) is 2.09. The molecular weight excluding hydrogens is 260 g/mol. The monoisotopic (exact) mass is 282 g/mol. The number of hydrogen-bond donors (Lipinski definition) is 0. The van der Waals surface area contributed by atoms with E-state index in [-0.39, 0.29) is 13.2 Å². The van der Waals surface area contributed by atoms with Crippen LogP contribution in [0, 0.1) is 12.5 Å². The van der Waals surface area contributed by atoms with E-state index in [1.807, 2.05) is 0 Å². The summed E-state index contributed by atoms with van der Waals surface area (Å²) in [5.41, 5.74) is -0.576. The van der Waals surface area contributed by atoms with Crippen LogP contribution in [0.5, 0.6) is 0 Å². The predicted molar refractivity (Wildman–Crippen MR) is 72.9 cm³/mol. The van der Waals surface area contributed by atoms with Crippen LogP contribution in [0.3, 0.4) is 0 Å². The Bertz CT molecular complexity index is 408. The van der Waals surface area contributed by atoms with Crippen molar-refractivity contribution >= 4 is 12.1 Å². The Morgan fingerprint density at radius 1 is 1.40 bits per heavy atom. The molecule has 0 aromatic carbocycles. The maximum atomic E-state index is 12.0. The summed E-state index contributed by atoms with van der Waals surface area (Å²) in [5, 5.41) is 0. The van der Waals surface area contributed by atoms with Crippen molar-refractivity contribution in [1.29, 1.82) is 0 Å². The number of carbonyl (C=O) groups is 2. The molecule has 0 aromatic rings. The fraction of sp³-hybridized carbons (Fsp3) is 0.786. The summed E-state index contributed by atoms with van der Waals surface area (Å²) in [6.07, 6.45) is 0.0156. The minimum Gasteiger partial charge on any atom is -0.465 e. The van der Waals surface area contributed by atoms with Crippen molar-refractivity contribution in [2.75, 3.05) is 19.7 Å². The zero-order chi connectivity index (χ0) is 15.3. The van der Waals surface area contributed by atoms with Gasteiger partial charge in [-0.2, -0.15) is 0 Å². The van der Waals surface area contributed by atoms with E-state index < -0.39 is 29.6 Å². The maximum absolute atomic E-state index is 12.0. The molecule has 6 nitrogen and oxygen atoms in total. The number of carbonyl (C=O) groups excluding carboxylic acids is 2. The summed E-state index contributed by atoms with van der Waals surface area (Å²) in [4.78, 5) is 28.8. The van der Waals surface area contributed by atoms with Crippen molar-refractivity contribution in [3.8, 4) is 0 Å². The molecule has 0 N–H and O–H groups in total. The number of rotatable bonds is 2. The number of ether oxygens (including phenoxy) is 2. The summed E-state index contributed by atoms with van der Waals surface area (Å²) in [5.74, 6) is -1.00. The van der Waals surface area contributed by atoms with Crippen LogP contribution in [-0.4, -0.2) is 48.3 Å². The Morgan fingerprint density at radius 2 is 2.05 bits per heavy atom. The van der Waals surface area contributed by atoms with Crippen LogP contribution >= 0.6 is 0 Å². The van der Waals surface area contributed by atoms with Gasteiger partial charge in [0, 0.05) is 19.5 Å². The highest BCUT2D eigenvalue weighted by molar-refractivity contribution is 5.76. The third-order valence-corrected chi connectivity index (χ3v) is 2.98. The van der Waals surface area contributed by atoms with Gasteiger partial charge >= 0.3 is 12.1 Å². The lowest BCUT2D eigenvalue weighted by molar-refractivity contribution is -0.149. The summed E-state index contributed by atoms with van der Waals surface area (Å²) in [6.45, 7) is 15.1. The second-order valence-electron chi connectivity index (χ2n) is 5.77. The second kappa shape index (κ2) is 6.60. The van der Waals surface area contributed by atoms with E-state index in [2.05, 4.69) is 4.85 Å². The molecule has 0 aromatic heterocycles. The van der Waals surface area contributed by atoms with Gasteiger partial charge in [-0.1, -0.05) is 0 Å². The minimum atomic E-state index is -0.589. The number of nitrogens with zero attached hydrogens (tertiary/aromatic N) is 2. The molecule has 6 heteroatoms. The van der Waals surface area contributed by atoms with E-state index in [1.165, 1.54) is 4.90 Å². The largest absolute Gasteiger partial charge is 0.465 e. The molecule has 0 radical (unpaired) electrons. The van der Waals surface area contributed by atoms with Gasteiger partial charge in [-0.3, -0.25) is 4.79 Å². The highest BCUT2D eigenvalue weighted by atomic mass is 16.6. The molecule has 0 saturated carbocycles. The smallest absolute Gasteiger partial charge is 0.410 e. The van der Waals surface area contributed by atoms with Gasteiger partial charge in [0.05, 0.1) is 6.61 Å².